The molecule has 3 fully saturated rings. The van der Waals surface area contributed by atoms with Crippen LogP contribution in [0.2, 0.25) is 0 Å². The van der Waals surface area contributed by atoms with Gasteiger partial charge in [-0.3, -0.25) is 0 Å². The van der Waals surface area contributed by atoms with Crippen molar-refractivity contribution in [1.82, 2.24) is 0 Å². The Balaban J connectivity index is 1.80. The van der Waals surface area contributed by atoms with Gasteiger partial charge >= 0.3 is 0 Å². The first-order valence-electron chi connectivity index (χ1n) is 12.6. The molecule has 0 heterocycles. The number of aliphatic hydroxyl groups is 3. The lowest BCUT2D eigenvalue weighted by atomic mass is 9.56. The fourth-order valence-electron chi connectivity index (χ4n) is 6.82. The van der Waals surface area contributed by atoms with E-state index in [0.29, 0.717) is 36.5 Å². The van der Waals surface area contributed by atoms with Gasteiger partial charge in [-0.05, 0) is 98.0 Å². The van der Waals surface area contributed by atoms with Gasteiger partial charge in [-0.2, -0.15) is 0 Å². The Bertz CT molecular complexity index is 707. The molecule has 0 aromatic rings. The van der Waals surface area contributed by atoms with Gasteiger partial charge in [0.1, 0.15) is 6.10 Å². The molecule has 31 heavy (non-hydrogen) atoms. The van der Waals surface area contributed by atoms with Crippen LogP contribution in [0.1, 0.15) is 86.0 Å². The van der Waals surface area contributed by atoms with E-state index in [1.165, 1.54) is 0 Å². The maximum Gasteiger partial charge on any atom is 0.102 e. The van der Waals surface area contributed by atoms with Crippen molar-refractivity contribution in [1.29, 1.82) is 0 Å². The Morgan fingerprint density at radius 1 is 1.06 bits per heavy atom. The van der Waals surface area contributed by atoms with Crippen molar-refractivity contribution in [2.45, 2.75) is 104 Å². The molecule has 0 aromatic heterocycles. The third-order valence-electron chi connectivity index (χ3n) is 9.27. The minimum atomic E-state index is -1.09. The second-order valence-electron chi connectivity index (χ2n) is 11.6. The first-order valence-corrected chi connectivity index (χ1v) is 12.6. The molecule has 0 aromatic carbocycles. The van der Waals surface area contributed by atoms with E-state index >= 15 is 0 Å². The predicted octanol–water partition coefficient (Wildman–Crippen LogP) is 5.81. The molecule has 3 aliphatic carbocycles. The largest absolute Gasteiger partial charge is 0.393 e. The topological polar surface area (TPSA) is 60.7 Å². The molecule has 0 spiro atoms. The summed E-state index contributed by atoms with van der Waals surface area (Å²) >= 11 is 0. The Kier molecular flexibility index (Phi) is 7.61. The van der Waals surface area contributed by atoms with Crippen molar-refractivity contribution in [3.05, 3.63) is 36.0 Å². The van der Waals surface area contributed by atoms with Gasteiger partial charge in [0.05, 0.1) is 11.7 Å². The van der Waals surface area contributed by atoms with Gasteiger partial charge in [0.25, 0.3) is 0 Å². The molecule has 0 aliphatic heterocycles. The number of hydrogen-bond acceptors (Lipinski definition) is 3. The Hall–Kier alpha value is -0.900. The van der Waals surface area contributed by atoms with Crippen molar-refractivity contribution in [2.24, 2.45) is 35.0 Å². The second kappa shape index (κ2) is 9.53. The molecule has 0 unspecified atom stereocenters. The zero-order valence-electron chi connectivity index (χ0n) is 20.5. The van der Waals surface area contributed by atoms with E-state index in [1.807, 2.05) is 6.08 Å². The first kappa shape index (κ1) is 24.7. The zero-order valence-corrected chi connectivity index (χ0v) is 20.5. The molecule has 3 aliphatic rings. The number of allylic oxidation sites excluding steroid dienone is 3. The quantitative estimate of drug-likeness (QED) is 0.466. The minimum Gasteiger partial charge on any atom is -0.393 e. The summed E-state index contributed by atoms with van der Waals surface area (Å²) in [5.74, 6) is 2.33. The van der Waals surface area contributed by atoms with Gasteiger partial charge in [-0.25, -0.2) is 0 Å². The summed E-state index contributed by atoms with van der Waals surface area (Å²) in [4.78, 5) is 0. The highest BCUT2D eigenvalue weighted by Gasteiger charge is 2.59. The fourth-order valence-corrected chi connectivity index (χ4v) is 6.82. The van der Waals surface area contributed by atoms with Crippen LogP contribution in [0.15, 0.2) is 36.0 Å². The Morgan fingerprint density at radius 3 is 2.45 bits per heavy atom. The highest BCUT2D eigenvalue weighted by Crippen LogP contribution is 2.61. The lowest BCUT2D eigenvalue weighted by Crippen LogP contribution is -2.56. The van der Waals surface area contributed by atoms with E-state index in [1.54, 1.807) is 0 Å². The Morgan fingerprint density at radius 2 is 1.77 bits per heavy atom. The van der Waals surface area contributed by atoms with Gasteiger partial charge in [0, 0.05) is 0 Å². The molecule has 8 atom stereocenters. The van der Waals surface area contributed by atoms with Crippen LogP contribution in [0.4, 0.5) is 0 Å². The molecule has 0 radical (unpaired) electrons. The summed E-state index contributed by atoms with van der Waals surface area (Å²) in [6, 6.07) is 0. The van der Waals surface area contributed by atoms with Gasteiger partial charge in [0.15, 0.2) is 0 Å². The highest BCUT2D eigenvalue weighted by molar-refractivity contribution is 5.33. The predicted molar refractivity (Wildman–Crippen MR) is 129 cm³/mol. The lowest BCUT2D eigenvalue weighted by molar-refractivity contribution is -0.155. The van der Waals surface area contributed by atoms with E-state index in [0.717, 1.165) is 49.7 Å². The second-order valence-corrected chi connectivity index (χ2v) is 11.6. The summed E-state index contributed by atoms with van der Waals surface area (Å²) in [6.45, 7) is 15.6. The van der Waals surface area contributed by atoms with Crippen LogP contribution in [0.3, 0.4) is 0 Å². The fraction of sp³-hybridized carbons (Fsp3) is 0.786. The van der Waals surface area contributed by atoms with Gasteiger partial charge in [0.2, 0.25) is 0 Å². The van der Waals surface area contributed by atoms with E-state index in [-0.39, 0.29) is 17.4 Å². The minimum absolute atomic E-state index is 0.0421. The molecular weight excluding hydrogens is 384 g/mol. The van der Waals surface area contributed by atoms with E-state index < -0.39 is 11.7 Å². The van der Waals surface area contributed by atoms with E-state index in [9.17, 15) is 15.3 Å². The number of fused-ring (bicyclic) bond motifs is 1. The Labute approximate surface area is 190 Å². The SMILES string of the molecule is C=C1CC[C@H](O)C/C1=C/[C@@H](O)[C@@]1(O)CCC[C@]2(C)[C@@H]([C@H](C)/C=C/[C@H](C)C(C)C)CC[C@H]21. The molecule has 0 bridgehead atoms. The van der Waals surface area contributed by atoms with Crippen LogP contribution >= 0.6 is 0 Å². The van der Waals surface area contributed by atoms with Crippen molar-refractivity contribution in [2.75, 3.05) is 0 Å². The molecule has 3 rings (SSSR count). The molecule has 3 heteroatoms. The van der Waals surface area contributed by atoms with Crippen LogP contribution in [0, 0.1) is 35.0 Å². The summed E-state index contributed by atoms with van der Waals surface area (Å²) in [7, 11) is 0. The summed E-state index contributed by atoms with van der Waals surface area (Å²) in [6.07, 6.45) is 12.2. The van der Waals surface area contributed by atoms with Gasteiger partial charge in [-0.15, -0.1) is 0 Å². The standard InChI is InChI=1S/C28H46O3/c1-18(2)19(3)8-9-21(5)24-12-13-25-27(24,6)14-7-15-28(25,31)26(30)17-22-16-23(29)11-10-20(22)4/h8-9,17-19,21,23-26,29-31H,4,7,10-16H2,1-3,5-6H3/b9-8+,22-17-/t19-,21+,23-,24+,25+,26+,27+,28+/m0/s1. The van der Waals surface area contributed by atoms with Crippen molar-refractivity contribution >= 4 is 0 Å². The maximum absolute atomic E-state index is 11.8. The van der Waals surface area contributed by atoms with Gasteiger partial charge < -0.3 is 15.3 Å². The molecule has 3 nitrogen and oxygen atoms in total. The zero-order chi connectivity index (χ0) is 23.0. The monoisotopic (exact) mass is 430 g/mol. The maximum atomic E-state index is 11.8. The van der Waals surface area contributed by atoms with Crippen LogP contribution in [-0.4, -0.2) is 33.1 Å². The average Bonchev–Trinajstić information content (AvgIpc) is 3.07. The molecule has 3 N–H and O–H groups in total. The summed E-state index contributed by atoms with van der Waals surface area (Å²) in [5.41, 5.74) is 0.876. The molecular formula is C28H46O3. The molecule has 3 saturated carbocycles. The number of aliphatic hydroxyl groups excluding tert-OH is 2. The highest BCUT2D eigenvalue weighted by atomic mass is 16.3. The third kappa shape index (κ3) is 4.89. The van der Waals surface area contributed by atoms with Crippen LogP contribution in [0.25, 0.3) is 0 Å². The average molecular weight is 431 g/mol. The van der Waals surface area contributed by atoms with Crippen molar-refractivity contribution in [3.8, 4) is 0 Å². The normalized spacial score (nSPS) is 41.0. The van der Waals surface area contributed by atoms with Crippen molar-refractivity contribution < 1.29 is 15.3 Å². The molecule has 0 saturated heterocycles. The van der Waals surface area contributed by atoms with Crippen LogP contribution in [0.5, 0.6) is 0 Å². The molecule has 176 valence electrons. The third-order valence-corrected chi connectivity index (χ3v) is 9.27. The number of hydrogen-bond donors (Lipinski definition) is 3. The summed E-state index contributed by atoms with van der Waals surface area (Å²) in [5, 5.41) is 33.2. The smallest absolute Gasteiger partial charge is 0.102 e. The van der Waals surface area contributed by atoms with E-state index in [2.05, 4.69) is 53.3 Å². The lowest BCUT2D eigenvalue weighted by Gasteiger charge is -2.52. The summed E-state index contributed by atoms with van der Waals surface area (Å²) < 4.78 is 0. The van der Waals surface area contributed by atoms with Gasteiger partial charge in [-0.1, -0.05) is 58.9 Å². The first-order chi connectivity index (χ1) is 14.5. The van der Waals surface area contributed by atoms with Crippen molar-refractivity contribution in [3.63, 3.8) is 0 Å². The molecule has 0 amide bonds. The van der Waals surface area contributed by atoms with Crippen LogP contribution in [-0.2, 0) is 0 Å². The van der Waals surface area contributed by atoms with E-state index in [4.69, 9.17) is 0 Å². The number of rotatable bonds is 6. The van der Waals surface area contributed by atoms with Crippen LogP contribution < -0.4 is 0 Å².